The lowest BCUT2D eigenvalue weighted by molar-refractivity contribution is -0.111. The molecule has 3 amide bonds. The Labute approximate surface area is 255 Å². The van der Waals surface area contributed by atoms with Crippen LogP contribution in [0.3, 0.4) is 0 Å². The van der Waals surface area contributed by atoms with Gasteiger partial charge < -0.3 is 20.9 Å². The first kappa shape index (κ1) is 31.2. The number of halogens is 2. The maximum Gasteiger partial charge on any atom is 0.271 e. The molecule has 4 rings (SSSR count). The largest absolute Gasteiger partial charge is 0.348 e. The Morgan fingerprint density at radius 3 is 2.57 bits per heavy atom. The first-order valence-corrected chi connectivity index (χ1v) is 14.4. The van der Waals surface area contributed by atoms with Crippen LogP contribution in [0.5, 0.6) is 0 Å². The van der Waals surface area contributed by atoms with Crippen LogP contribution in [0.2, 0.25) is 10.0 Å². The number of aromatic nitrogens is 2. The maximum absolute atomic E-state index is 13.1. The van der Waals surface area contributed by atoms with Crippen LogP contribution in [0, 0.1) is 6.92 Å². The summed E-state index contributed by atoms with van der Waals surface area (Å²) in [5.41, 5.74) is 3.19. The number of nitrogens with one attached hydrogen (secondary N) is 4. The Balaban J connectivity index is 1.27. The second-order valence-electron chi connectivity index (χ2n) is 10.6. The molecule has 4 N–H and O–H groups in total. The van der Waals surface area contributed by atoms with E-state index in [4.69, 9.17) is 23.2 Å². The second kappa shape index (κ2) is 14.5. The lowest BCUT2D eigenvalue weighted by Crippen LogP contribution is -2.44. The molecule has 1 saturated heterocycles. The van der Waals surface area contributed by atoms with Crippen LogP contribution in [-0.2, 0) is 11.3 Å². The number of rotatable bonds is 10. The van der Waals surface area contributed by atoms with E-state index in [1.54, 1.807) is 19.1 Å². The average molecular weight is 613 g/mol. The van der Waals surface area contributed by atoms with E-state index in [0.717, 1.165) is 43.7 Å². The van der Waals surface area contributed by atoms with Crippen molar-refractivity contribution in [3.05, 3.63) is 87.2 Å². The molecule has 222 valence electrons. The number of hydrogen-bond acceptors (Lipinski definition) is 6. The number of anilines is 2. The van der Waals surface area contributed by atoms with E-state index < -0.39 is 5.91 Å². The molecule has 0 atom stereocenters. The van der Waals surface area contributed by atoms with Gasteiger partial charge in [0.15, 0.2) is 0 Å². The molecule has 0 spiro atoms. The summed E-state index contributed by atoms with van der Waals surface area (Å²) in [6, 6.07) is 11.0. The fourth-order valence-corrected chi connectivity index (χ4v) is 5.46. The van der Waals surface area contributed by atoms with Crippen molar-refractivity contribution >= 4 is 52.3 Å². The number of aryl methyl sites for hydroxylation is 1. The van der Waals surface area contributed by atoms with Gasteiger partial charge in [-0.05, 0) is 69.3 Å². The fraction of sp³-hybridized carbons (Fsp3) is 0.333. The van der Waals surface area contributed by atoms with Gasteiger partial charge in [0.05, 0.1) is 22.5 Å². The van der Waals surface area contributed by atoms with Gasteiger partial charge in [-0.3, -0.25) is 24.4 Å². The molecular formula is C30H35Cl2N7O3. The Bertz CT molecular complexity index is 1440. The number of hydrogen-bond donors (Lipinski definition) is 4. The van der Waals surface area contributed by atoms with Crippen LogP contribution in [0.15, 0.2) is 54.7 Å². The standard InChI is InChI=1S/C30H35Cl2N7O3/c1-19-14-21(31)16-24(32)27(19)29(41)36-25-17-33-37-28(25)30(42)35-22-9-12-39(13-10-22)18-20-6-4-7-23(15-20)34-26(40)8-5-11-38(2)3/h4-8,14-17,22H,9-13,18H2,1-3H3,(H,33,37)(H,34,40)(H,35,42)(H,36,41)/b8-5+. The third-order valence-electron chi connectivity index (χ3n) is 6.86. The van der Waals surface area contributed by atoms with E-state index in [2.05, 4.69) is 31.0 Å². The first-order chi connectivity index (χ1) is 20.1. The summed E-state index contributed by atoms with van der Waals surface area (Å²) in [6.07, 6.45) is 6.30. The molecule has 10 nitrogen and oxygen atoms in total. The summed E-state index contributed by atoms with van der Waals surface area (Å²) in [5, 5.41) is 16.0. The van der Waals surface area contributed by atoms with Gasteiger partial charge >= 0.3 is 0 Å². The summed E-state index contributed by atoms with van der Waals surface area (Å²) in [4.78, 5) is 42.5. The number of nitrogens with zero attached hydrogens (tertiary/aromatic N) is 3. The van der Waals surface area contributed by atoms with Gasteiger partial charge in [-0.15, -0.1) is 0 Å². The van der Waals surface area contributed by atoms with Crippen LogP contribution >= 0.6 is 23.2 Å². The highest BCUT2D eigenvalue weighted by Crippen LogP contribution is 2.26. The SMILES string of the molecule is Cc1cc(Cl)cc(Cl)c1C(=O)Nc1cn[nH]c1C(=O)NC1CCN(Cc2cccc(NC(=O)/C=C/CN(C)C)c2)CC1. The van der Waals surface area contributed by atoms with Crippen molar-refractivity contribution in [3.8, 4) is 0 Å². The van der Waals surface area contributed by atoms with E-state index in [1.165, 1.54) is 12.3 Å². The van der Waals surface area contributed by atoms with Gasteiger partial charge in [0.2, 0.25) is 5.91 Å². The zero-order valence-corrected chi connectivity index (χ0v) is 25.4. The van der Waals surface area contributed by atoms with Crippen molar-refractivity contribution in [1.29, 1.82) is 0 Å². The second-order valence-corrected chi connectivity index (χ2v) is 11.4. The fourth-order valence-electron chi connectivity index (χ4n) is 4.78. The molecule has 0 radical (unpaired) electrons. The summed E-state index contributed by atoms with van der Waals surface area (Å²) in [6.45, 7) is 4.78. The number of carbonyl (C=O) groups is 3. The predicted molar refractivity (Wildman–Crippen MR) is 166 cm³/mol. The number of H-pyrrole nitrogens is 1. The summed E-state index contributed by atoms with van der Waals surface area (Å²) >= 11 is 12.3. The molecule has 0 aliphatic carbocycles. The van der Waals surface area contributed by atoms with Crippen molar-refractivity contribution in [2.45, 2.75) is 32.4 Å². The van der Waals surface area contributed by atoms with E-state index in [1.807, 2.05) is 49.3 Å². The highest BCUT2D eigenvalue weighted by molar-refractivity contribution is 6.37. The lowest BCUT2D eigenvalue weighted by Gasteiger charge is -2.32. The quantitative estimate of drug-likeness (QED) is 0.246. The number of likely N-dealkylation sites (N-methyl/N-ethyl adjacent to an activating group) is 1. The highest BCUT2D eigenvalue weighted by atomic mass is 35.5. The van der Waals surface area contributed by atoms with Crippen molar-refractivity contribution in [1.82, 2.24) is 25.3 Å². The number of piperidine rings is 1. The van der Waals surface area contributed by atoms with Gasteiger partial charge in [-0.25, -0.2) is 0 Å². The molecule has 2 heterocycles. The number of benzene rings is 2. The molecular weight excluding hydrogens is 577 g/mol. The Kier molecular flexibility index (Phi) is 10.8. The van der Waals surface area contributed by atoms with Gasteiger partial charge in [-0.1, -0.05) is 41.4 Å². The third-order valence-corrected chi connectivity index (χ3v) is 7.37. The number of aromatic amines is 1. The zero-order valence-electron chi connectivity index (χ0n) is 23.8. The van der Waals surface area contributed by atoms with Gasteiger partial charge in [0.25, 0.3) is 11.8 Å². The molecule has 2 aromatic carbocycles. The molecule has 1 aromatic heterocycles. The molecule has 3 aromatic rings. The van der Waals surface area contributed by atoms with E-state index in [9.17, 15) is 14.4 Å². The Hall–Kier alpha value is -3.70. The average Bonchev–Trinajstić information content (AvgIpc) is 3.37. The topological polar surface area (TPSA) is 122 Å². The molecule has 12 heteroatoms. The minimum Gasteiger partial charge on any atom is -0.348 e. The van der Waals surface area contributed by atoms with E-state index in [0.29, 0.717) is 17.1 Å². The highest BCUT2D eigenvalue weighted by Gasteiger charge is 2.24. The van der Waals surface area contributed by atoms with Crippen LogP contribution in [0.25, 0.3) is 0 Å². The Morgan fingerprint density at radius 2 is 1.86 bits per heavy atom. The van der Waals surface area contributed by atoms with Crippen molar-refractivity contribution < 1.29 is 14.4 Å². The molecule has 0 saturated carbocycles. The number of likely N-dealkylation sites (tertiary alicyclic amines) is 1. The van der Waals surface area contributed by atoms with Gasteiger partial charge in [-0.2, -0.15) is 5.10 Å². The smallest absolute Gasteiger partial charge is 0.271 e. The van der Waals surface area contributed by atoms with Gasteiger partial charge in [0, 0.05) is 49.0 Å². The van der Waals surface area contributed by atoms with Crippen molar-refractivity contribution in [2.24, 2.45) is 0 Å². The molecule has 0 unspecified atom stereocenters. The monoisotopic (exact) mass is 611 g/mol. The number of amides is 3. The molecule has 1 aliphatic rings. The molecule has 1 fully saturated rings. The van der Waals surface area contributed by atoms with Crippen LogP contribution in [-0.4, -0.2) is 77.5 Å². The Morgan fingerprint density at radius 1 is 1.10 bits per heavy atom. The first-order valence-electron chi connectivity index (χ1n) is 13.6. The van der Waals surface area contributed by atoms with Crippen LogP contribution in [0.4, 0.5) is 11.4 Å². The maximum atomic E-state index is 13.1. The normalized spacial score (nSPS) is 14.3. The molecule has 1 aliphatic heterocycles. The molecule has 0 bridgehead atoms. The minimum absolute atomic E-state index is 0.0202. The summed E-state index contributed by atoms with van der Waals surface area (Å²) in [7, 11) is 3.89. The zero-order chi connectivity index (χ0) is 30.2. The number of carbonyl (C=O) groups excluding carboxylic acids is 3. The minimum atomic E-state index is -0.456. The van der Waals surface area contributed by atoms with Gasteiger partial charge in [0.1, 0.15) is 5.69 Å². The van der Waals surface area contributed by atoms with Crippen molar-refractivity contribution in [2.75, 3.05) is 44.4 Å². The third kappa shape index (κ3) is 8.65. The summed E-state index contributed by atoms with van der Waals surface area (Å²) in [5.74, 6) is -0.958. The van der Waals surface area contributed by atoms with Crippen LogP contribution in [0.1, 0.15) is 44.8 Å². The predicted octanol–water partition coefficient (Wildman–Crippen LogP) is 4.73. The van der Waals surface area contributed by atoms with Crippen LogP contribution < -0.4 is 16.0 Å². The molecule has 42 heavy (non-hydrogen) atoms. The van der Waals surface area contributed by atoms with E-state index in [-0.39, 0.29) is 39.8 Å². The van der Waals surface area contributed by atoms with E-state index >= 15 is 0 Å². The summed E-state index contributed by atoms with van der Waals surface area (Å²) < 4.78 is 0. The lowest BCUT2D eigenvalue weighted by atomic mass is 10.0. The van der Waals surface area contributed by atoms with Crippen molar-refractivity contribution in [3.63, 3.8) is 0 Å².